The van der Waals surface area contributed by atoms with E-state index in [2.05, 4.69) is 20.5 Å². The molecule has 1 fully saturated rings. The first-order valence-corrected chi connectivity index (χ1v) is 10.1. The van der Waals surface area contributed by atoms with Crippen LogP contribution < -0.4 is 21.3 Å². The lowest BCUT2D eigenvalue weighted by molar-refractivity contribution is -0.383. The van der Waals surface area contributed by atoms with Crippen molar-refractivity contribution in [1.29, 1.82) is 0 Å². The van der Waals surface area contributed by atoms with Crippen LogP contribution in [0, 0.1) is 10.1 Å². The van der Waals surface area contributed by atoms with Crippen LogP contribution in [-0.2, 0) is 17.6 Å². The van der Waals surface area contributed by atoms with E-state index in [-0.39, 0.29) is 35.7 Å². The Morgan fingerprint density at radius 2 is 2.06 bits per heavy atom. The third-order valence-electron chi connectivity index (χ3n) is 5.54. The highest BCUT2D eigenvalue weighted by molar-refractivity contribution is 5.85. The van der Waals surface area contributed by atoms with Crippen LogP contribution in [0.5, 0.6) is 0 Å². The molecule has 1 amide bonds. The third kappa shape index (κ3) is 4.96. The molecule has 4 rings (SSSR count). The first-order valence-electron chi connectivity index (χ1n) is 10.1. The number of benzene rings is 1. The van der Waals surface area contributed by atoms with Gasteiger partial charge in [0.15, 0.2) is 0 Å². The van der Waals surface area contributed by atoms with Gasteiger partial charge in [0, 0.05) is 43.4 Å². The van der Waals surface area contributed by atoms with Crippen LogP contribution >= 0.6 is 12.4 Å². The number of amides is 1. The maximum atomic E-state index is 11.4. The molecular formula is C20H26ClN7O3. The summed E-state index contributed by atoms with van der Waals surface area (Å²) in [6, 6.07) is 4.67. The number of nitro groups is 1. The van der Waals surface area contributed by atoms with Gasteiger partial charge in [-0.25, -0.2) is 4.98 Å². The Labute approximate surface area is 186 Å². The van der Waals surface area contributed by atoms with Gasteiger partial charge in [0.1, 0.15) is 11.5 Å². The number of nitrogen functional groups attached to an aromatic ring is 1. The maximum Gasteiger partial charge on any atom is 0.294 e. The summed E-state index contributed by atoms with van der Waals surface area (Å²) in [5, 5.41) is 17.3. The predicted molar refractivity (Wildman–Crippen MR) is 121 cm³/mol. The number of carbonyl (C=O) groups is 1. The summed E-state index contributed by atoms with van der Waals surface area (Å²) in [7, 11) is 0. The Hall–Kier alpha value is -3.14. The minimum atomic E-state index is -0.508. The lowest BCUT2D eigenvalue weighted by Crippen LogP contribution is -2.36. The van der Waals surface area contributed by atoms with Crippen LogP contribution in [0.4, 0.5) is 28.8 Å². The van der Waals surface area contributed by atoms with Crippen molar-refractivity contribution in [3.8, 4) is 0 Å². The zero-order valence-corrected chi connectivity index (χ0v) is 18.1. The highest BCUT2D eigenvalue weighted by Crippen LogP contribution is 2.32. The molecule has 1 aromatic heterocycles. The number of hydrogen-bond donors (Lipinski definition) is 3. The molecule has 0 radical (unpaired) electrons. The highest BCUT2D eigenvalue weighted by atomic mass is 35.5. The molecule has 1 aliphatic heterocycles. The van der Waals surface area contributed by atoms with Crippen LogP contribution in [-0.4, -0.2) is 39.9 Å². The smallest absolute Gasteiger partial charge is 0.294 e. The van der Waals surface area contributed by atoms with Crippen molar-refractivity contribution in [2.75, 3.05) is 29.0 Å². The molecule has 0 spiro atoms. The lowest BCUT2D eigenvalue weighted by atomic mass is 9.96. The summed E-state index contributed by atoms with van der Waals surface area (Å²) in [5.41, 5.74) is 8.34. The standard InChI is InChI=1S/C20H25N7O3.ClH/c1-12(28)22-14-8-9-26(11-14)19-15-4-2-3-5-17(15)24-20(25-19)23-13-6-7-16(21)18(10-13)27(29)30;/h6-7,10,14H,2-5,8-9,11,21H2,1H3,(H,22,28)(H,23,24,25);1H/t14-;/m0./s1. The minimum absolute atomic E-state index is 0. The molecular weight excluding hydrogens is 422 g/mol. The molecule has 2 aliphatic rings. The van der Waals surface area contributed by atoms with E-state index >= 15 is 0 Å². The molecule has 10 nitrogen and oxygen atoms in total. The molecule has 4 N–H and O–H groups in total. The number of nitro benzene ring substituents is 1. The predicted octanol–water partition coefficient (Wildman–Crippen LogP) is 2.73. The second kappa shape index (κ2) is 9.34. The Bertz CT molecular complexity index is 1000. The number of fused-ring (bicyclic) bond motifs is 1. The van der Waals surface area contributed by atoms with Crippen molar-refractivity contribution in [3.05, 3.63) is 39.6 Å². The molecule has 2 heterocycles. The van der Waals surface area contributed by atoms with Crippen LogP contribution in [0.25, 0.3) is 0 Å². The maximum absolute atomic E-state index is 11.4. The van der Waals surface area contributed by atoms with E-state index in [4.69, 9.17) is 10.7 Å². The van der Waals surface area contributed by atoms with Gasteiger partial charge >= 0.3 is 0 Å². The van der Waals surface area contributed by atoms with Gasteiger partial charge in [0.2, 0.25) is 11.9 Å². The number of aryl methyl sites for hydroxylation is 1. The Morgan fingerprint density at radius 3 is 2.81 bits per heavy atom. The molecule has 0 bridgehead atoms. The molecule has 0 unspecified atom stereocenters. The van der Waals surface area contributed by atoms with Crippen molar-refractivity contribution in [3.63, 3.8) is 0 Å². The zero-order valence-electron chi connectivity index (χ0n) is 17.3. The van der Waals surface area contributed by atoms with Gasteiger partial charge in [-0.1, -0.05) is 0 Å². The number of aromatic nitrogens is 2. The number of hydrogen-bond acceptors (Lipinski definition) is 8. The summed E-state index contributed by atoms with van der Waals surface area (Å²) >= 11 is 0. The first-order chi connectivity index (χ1) is 14.4. The van der Waals surface area contributed by atoms with E-state index in [9.17, 15) is 14.9 Å². The number of nitrogens with one attached hydrogen (secondary N) is 2. The Balaban J connectivity index is 0.00000272. The molecule has 1 aliphatic carbocycles. The van der Waals surface area contributed by atoms with Crippen LogP contribution in [0.3, 0.4) is 0 Å². The van der Waals surface area contributed by atoms with Gasteiger partial charge in [0.05, 0.1) is 10.6 Å². The quantitative estimate of drug-likeness (QED) is 0.361. The van der Waals surface area contributed by atoms with Gasteiger partial charge in [-0.2, -0.15) is 4.98 Å². The summed E-state index contributed by atoms with van der Waals surface area (Å²) in [6.45, 7) is 3.04. The molecule has 1 aromatic carbocycles. The number of carbonyl (C=O) groups excluding carboxylic acids is 1. The summed E-state index contributed by atoms with van der Waals surface area (Å²) in [4.78, 5) is 33.7. The summed E-state index contributed by atoms with van der Waals surface area (Å²) < 4.78 is 0. The fourth-order valence-electron chi connectivity index (χ4n) is 4.16. The molecule has 166 valence electrons. The van der Waals surface area contributed by atoms with Crippen LogP contribution in [0.1, 0.15) is 37.4 Å². The first kappa shape index (κ1) is 22.5. The molecule has 2 aromatic rings. The molecule has 1 atom stereocenters. The third-order valence-corrected chi connectivity index (χ3v) is 5.54. The van der Waals surface area contributed by atoms with Gasteiger partial charge in [-0.3, -0.25) is 14.9 Å². The van der Waals surface area contributed by atoms with E-state index in [1.807, 2.05) is 0 Å². The molecule has 31 heavy (non-hydrogen) atoms. The van der Waals surface area contributed by atoms with Crippen molar-refractivity contribution >= 4 is 47.1 Å². The van der Waals surface area contributed by atoms with Crippen molar-refractivity contribution < 1.29 is 9.72 Å². The Kier molecular flexibility index (Phi) is 6.79. The van der Waals surface area contributed by atoms with E-state index in [1.165, 1.54) is 24.6 Å². The Morgan fingerprint density at radius 1 is 1.29 bits per heavy atom. The van der Waals surface area contributed by atoms with E-state index in [1.54, 1.807) is 6.07 Å². The topological polar surface area (TPSA) is 139 Å². The lowest BCUT2D eigenvalue weighted by Gasteiger charge is -2.25. The zero-order chi connectivity index (χ0) is 21.3. The average Bonchev–Trinajstić information content (AvgIpc) is 3.16. The fourth-order valence-corrected chi connectivity index (χ4v) is 4.16. The van der Waals surface area contributed by atoms with Gasteiger partial charge in [0.25, 0.3) is 5.69 Å². The van der Waals surface area contributed by atoms with Crippen molar-refractivity contribution in [1.82, 2.24) is 15.3 Å². The highest BCUT2D eigenvalue weighted by Gasteiger charge is 2.28. The normalized spacial score (nSPS) is 17.5. The molecule has 1 saturated heterocycles. The number of anilines is 4. The second-order valence-electron chi connectivity index (χ2n) is 7.79. The van der Waals surface area contributed by atoms with E-state index in [0.29, 0.717) is 18.2 Å². The second-order valence-corrected chi connectivity index (χ2v) is 7.79. The van der Waals surface area contributed by atoms with Gasteiger partial charge < -0.3 is 21.3 Å². The summed E-state index contributed by atoms with van der Waals surface area (Å²) in [5.74, 6) is 1.27. The summed E-state index contributed by atoms with van der Waals surface area (Å²) in [6.07, 6.45) is 4.85. The molecule has 0 saturated carbocycles. The average molecular weight is 448 g/mol. The van der Waals surface area contributed by atoms with Crippen LogP contribution in [0.2, 0.25) is 0 Å². The number of nitrogens with zero attached hydrogens (tertiary/aromatic N) is 4. The van der Waals surface area contributed by atoms with E-state index in [0.717, 1.165) is 50.2 Å². The number of nitrogens with two attached hydrogens (primary N) is 1. The monoisotopic (exact) mass is 447 g/mol. The minimum Gasteiger partial charge on any atom is -0.393 e. The largest absolute Gasteiger partial charge is 0.393 e. The SMILES string of the molecule is CC(=O)N[C@H]1CCN(c2nc(Nc3ccc(N)c([N+](=O)[O-])c3)nc3c2CCCC3)C1.Cl. The molecule has 11 heteroatoms. The van der Waals surface area contributed by atoms with Crippen molar-refractivity contribution in [2.45, 2.75) is 45.1 Å². The van der Waals surface area contributed by atoms with Gasteiger partial charge in [-0.15, -0.1) is 12.4 Å². The number of halogens is 1. The number of rotatable bonds is 5. The fraction of sp³-hybridized carbons (Fsp3) is 0.450. The van der Waals surface area contributed by atoms with Crippen molar-refractivity contribution in [2.24, 2.45) is 0 Å². The van der Waals surface area contributed by atoms with Crippen LogP contribution in [0.15, 0.2) is 18.2 Å². The van der Waals surface area contributed by atoms with Gasteiger partial charge in [-0.05, 0) is 44.2 Å². The van der Waals surface area contributed by atoms with E-state index < -0.39 is 4.92 Å².